The molecule has 0 radical (unpaired) electrons. The van der Waals surface area contributed by atoms with Crippen molar-refractivity contribution in [2.45, 2.75) is 0 Å². The van der Waals surface area contributed by atoms with E-state index in [1.54, 1.807) is 63.8 Å². The van der Waals surface area contributed by atoms with E-state index in [2.05, 4.69) is 10.5 Å². The summed E-state index contributed by atoms with van der Waals surface area (Å²) in [6.45, 7) is 0. The maximum atomic E-state index is 12.0. The van der Waals surface area contributed by atoms with Crippen molar-refractivity contribution in [3.63, 3.8) is 0 Å². The maximum absolute atomic E-state index is 12.0. The van der Waals surface area contributed by atoms with E-state index >= 15 is 0 Å². The third-order valence-corrected chi connectivity index (χ3v) is 3.16. The maximum Gasteiger partial charge on any atom is 0.271 e. The first-order valence-corrected chi connectivity index (χ1v) is 6.87. The number of hydrogen-bond donors (Lipinski definition) is 1. The zero-order chi connectivity index (χ0) is 16.7. The van der Waals surface area contributed by atoms with Gasteiger partial charge in [0, 0.05) is 11.1 Å². The summed E-state index contributed by atoms with van der Waals surface area (Å²) in [6.07, 6.45) is 1.50. The second-order valence-electron chi connectivity index (χ2n) is 4.54. The highest BCUT2D eigenvalue weighted by atomic mass is 16.5. The quantitative estimate of drug-likeness (QED) is 0.657. The standard InChI is InChI=1S/C17H18N2O4/c1-21-14-6-4-12(5-7-14)17(20)19-18-11-13-10-15(22-2)8-9-16(13)23-3/h4-11H,1-3H3,(H,19,20)/b18-11-. The van der Waals surface area contributed by atoms with Crippen molar-refractivity contribution in [1.29, 1.82) is 0 Å². The summed E-state index contributed by atoms with van der Waals surface area (Å²) < 4.78 is 15.4. The second kappa shape index (κ2) is 7.84. The van der Waals surface area contributed by atoms with Gasteiger partial charge in [-0.3, -0.25) is 4.79 Å². The van der Waals surface area contributed by atoms with Gasteiger partial charge in [0.2, 0.25) is 0 Å². The molecular formula is C17H18N2O4. The molecule has 2 aromatic carbocycles. The van der Waals surface area contributed by atoms with Crippen LogP contribution in [0.5, 0.6) is 17.2 Å². The molecule has 0 spiro atoms. The Kier molecular flexibility index (Phi) is 5.57. The molecule has 0 unspecified atom stereocenters. The summed E-state index contributed by atoms with van der Waals surface area (Å²) in [7, 11) is 4.71. The van der Waals surface area contributed by atoms with Gasteiger partial charge in [-0.1, -0.05) is 0 Å². The Hall–Kier alpha value is -3.02. The molecule has 0 atom stereocenters. The lowest BCUT2D eigenvalue weighted by Crippen LogP contribution is -2.17. The SMILES string of the molecule is COc1ccc(C(=O)N/N=C\c2cc(OC)ccc2OC)cc1. The fourth-order valence-corrected chi connectivity index (χ4v) is 1.91. The molecule has 23 heavy (non-hydrogen) atoms. The van der Waals surface area contributed by atoms with Crippen LogP contribution in [-0.4, -0.2) is 33.5 Å². The number of benzene rings is 2. The summed E-state index contributed by atoms with van der Waals surface area (Å²) in [5, 5.41) is 3.95. The Bertz CT molecular complexity index is 696. The molecule has 0 aliphatic heterocycles. The van der Waals surface area contributed by atoms with E-state index in [4.69, 9.17) is 14.2 Å². The second-order valence-corrected chi connectivity index (χ2v) is 4.54. The van der Waals surface area contributed by atoms with Crippen molar-refractivity contribution in [2.75, 3.05) is 21.3 Å². The van der Waals surface area contributed by atoms with Crippen LogP contribution in [0.2, 0.25) is 0 Å². The largest absolute Gasteiger partial charge is 0.497 e. The van der Waals surface area contributed by atoms with Gasteiger partial charge in [0.15, 0.2) is 0 Å². The number of amides is 1. The first kappa shape index (κ1) is 16.4. The molecule has 2 rings (SSSR count). The predicted octanol–water partition coefficient (Wildman–Crippen LogP) is 2.48. The molecule has 0 saturated carbocycles. The number of carbonyl (C=O) groups is 1. The van der Waals surface area contributed by atoms with E-state index in [0.29, 0.717) is 28.4 Å². The van der Waals surface area contributed by atoms with Crippen molar-refractivity contribution in [3.8, 4) is 17.2 Å². The van der Waals surface area contributed by atoms with E-state index in [1.807, 2.05) is 0 Å². The highest BCUT2D eigenvalue weighted by Gasteiger charge is 2.05. The van der Waals surface area contributed by atoms with Crippen LogP contribution in [0.15, 0.2) is 47.6 Å². The molecule has 6 heteroatoms. The molecule has 6 nitrogen and oxygen atoms in total. The van der Waals surface area contributed by atoms with Crippen LogP contribution in [0.4, 0.5) is 0 Å². The van der Waals surface area contributed by atoms with Crippen LogP contribution in [0.3, 0.4) is 0 Å². The Labute approximate surface area is 134 Å². The van der Waals surface area contributed by atoms with Crippen molar-refractivity contribution < 1.29 is 19.0 Å². The number of nitrogens with one attached hydrogen (secondary N) is 1. The first-order chi connectivity index (χ1) is 11.2. The van der Waals surface area contributed by atoms with E-state index < -0.39 is 0 Å². The van der Waals surface area contributed by atoms with Crippen LogP contribution in [0.1, 0.15) is 15.9 Å². The molecule has 0 bridgehead atoms. The Balaban J connectivity index is 2.07. The van der Waals surface area contributed by atoms with Crippen LogP contribution in [0.25, 0.3) is 0 Å². The van der Waals surface area contributed by atoms with Gasteiger partial charge >= 0.3 is 0 Å². The molecule has 0 fully saturated rings. The topological polar surface area (TPSA) is 69.2 Å². The lowest BCUT2D eigenvalue weighted by Gasteiger charge is -2.07. The summed E-state index contributed by atoms with van der Waals surface area (Å²) in [5.41, 5.74) is 3.65. The summed E-state index contributed by atoms with van der Waals surface area (Å²) in [5.74, 6) is 1.68. The Morgan fingerprint density at radius 2 is 1.61 bits per heavy atom. The first-order valence-electron chi connectivity index (χ1n) is 6.87. The summed E-state index contributed by atoms with van der Waals surface area (Å²) in [6, 6.07) is 12.1. The number of carbonyl (C=O) groups excluding carboxylic acids is 1. The minimum absolute atomic E-state index is 0.314. The highest BCUT2D eigenvalue weighted by molar-refractivity contribution is 5.95. The monoisotopic (exact) mass is 314 g/mol. The number of hydrogen-bond acceptors (Lipinski definition) is 5. The number of methoxy groups -OCH3 is 3. The fourth-order valence-electron chi connectivity index (χ4n) is 1.91. The zero-order valence-electron chi connectivity index (χ0n) is 13.2. The smallest absolute Gasteiger partial charge is 0.271 e. The van der Waals surface area contributed by atoms with Gasteiger partial charge in [-0.2, -0.15) is 5.10 Å². The summed E-state index contributed by atoms with van der Waals surface area (Å²) in [4.78, 5) is 12.0. The van der Waals surface area contributed by atoms with Gasteiger partial charge in [0.1, 0.15) is 17.2 Å². The summed E-state index contributed by atoms with van der Waals surface area (Å²) >= 11 is 0. The van der Waals surface area contributed by atoms with Gasteiger partial charge in [0.25, 0.3) is 5.91 Å². The van der Waals surface area contributed by atoms with Crippen molar-refractivity contribution in [3.05, 3.63) is 53.6 Å². The van der Waals surface area contributed by atoms with E-state index in [-0.39, 0.29) is 5.91 Å². The van der Waals surface area contributed by atoms with Crippen molar-refractivity contribution >= 4 is 12.1 Å². The normalized spacial score (nSPS) is 10.4. The molecule has 1 amide bonds. The van der Waals surface area contributed by atoms with E-state index in [1.165, 1.54) is 6.21 Å². The predicted molar refractivity (Wildman–Crippen MR) is 87.6 cm³/mol. The molecule has 1 N–H and O–H groups in total. The molecule has 2 aromatic rings. The molecule has 0 aliphatic carbocycles. The number of ether oxygens (including phenoxy) is 3. The zero-order valence-corrected chi connectivity index (χ0v) is 13.2. The van der Waals surface area contributed by atoms with Crippen LogP contribution >= 0.6 is 0 Å². The Morgan fingerprint density at radius 1 is 0.957 bits per heavy atom. The van der Waals surface area contributed by atoms with Crippen LogP contribution < -0.4 is 19.6 Å². The third-order valence-electron chi connectivity index (χ3n) is 3.16. The van der Waals surface area contributed by atoms with Gasteiger partial charge in [-0.25, -0.2) is 5.43 Å². The van der Waals surface area contributed by atoms with Gasteiger partial charge in [-0.15, -0.1) is 0 Å². The van der Waals surface area contributed by atoms with Crippen molar-refractivity contribution in [2.24, 2.45) is 5.10 Å². The molecular weight excluding hydrogens is 296 g/mol. The highest BCUT2D eigenvalue weighted by Crippen LogP contribution is 2.22. The fraction of sp³-hybridized carbons (Fsp3) is 0.176. The van der Waals surface area contributed by atoms with Gasteiger partial charge in [-0.05, 0) is 42.5 Å². The minimum Gasteiger partial charge on any atom is -0.497 e. The molecule has 0 heterocycles. The Morgan fingerprint density at radius 3 is 2.22 bits per heavy atom. The van der Waals surface area contributed by atoms with Gasteiger partial charge < -0.3 is 14.2 Å². The van der Waals surface area contributed by atoms with Crippen LogP contribution in [0, 0.1) is 0 Å². The van der Waals surface area contributed by atoms with Gasteiger partial charge in [0.05, 0.1) is 27.5 Å². The van der Waals surface area contributed by atoms with E-state index in [9.17, 15) is 4.79 Å². The lowest BCUT2D eigenvalue weighted by molar-refractivity contribution is 0.0955. The molecule has 0 saturated heterocycles. The molecule has 120 valence electrons. The molecule has 0 aromatic heterocycles. The average molecular weight is 314 g/mol. The number of nitrogens with zero attached hydrogens (tertiary/aromatic N) is 1. The number of rotatable bonds is 6. The third kappa shape index (κ3) is 4.23. The van der Waals surface area contributed by atoms with Crippen LogP contribution in [-0.2, 0) is 0 Å². The molecule has 0 aliphatic rings. The van der Waals surface area contributed by atoms with E-state index in [0.717, 1.165) is 0 Å². The lowest BCUT2D eigenvalue weighted by atomic mass is 10.2. The number of hydrazone groups is 1. The van der Waals surface area contributed by atoms with Crippen molar-refractivity contribution in [1.82, 2.24) is 5.43 Å². The average Bonchev–Trinajstić information content (AvgIpc) is 2.61. The minimum atomic E-state index is -0.314.